The summed E-state index contributed by atoms with van der Waals surface area (Å²) < 4.78 is 10.5. The van der Waals surface area contributed by atoms with E-state index >= 15 is 0 Å². The van der Waals surface area contributed by atoms with Crippen LogP contribution >= 0.6 is 11.6 Å². The summed E-state index contributed by atoms with van der Waals surface area (Å²) in [6.45, 7) is 2.44. The number of rotatable bonds is 7. The van der Waals surface area contributed by atoms with Gasteiger partial charge in [0.1, 0.15) is 5.75 Å². The highest BCUT2D eigenvalue weighted by Crippen LogP contribution is 2.22. The van der Waals surface area contributed by atoms with Gasteiger partial charge in [-0.15, -0.1) is 0 Å². The van der Waals surface area contributed by atoms with Crippen molar-refractivity contribution in [1.29, 1.82) is 0 Å². The zero-order chi connectivity index (χ0) is 20.0. The minimum absolute atomic E-state index is 0.165. The summed E-state index contributed by atoms with van der Waals surface area (Å²) >= 11 is 5.79. The van der Waals surface area contributed by atoms with Crippen molar-refractivity contribution in [3.05, 3.63) is 63.7 Å². The number of ether oxygens (including phenoxy) is 2. The van der Waals surface area contributed by atoms with Crippen LogP contribution in [0.5, 0.6) is 5.75 Å². The van der Waals surface area contributed by atoms with Crippen LogP contribution in [0.25, 0.3) is 0 Å². The third kappa shape index (κ3) is 5.96. The average molecular weight is 393 g/mol. The van der Waals surface area contributed by atoms with Gasteiger partial charge in [0.2, 0.25) is 0 Å². The van der Waals surface area contributed by atoms with E-state index in [9.17, 15) is 19.7 Å². The number of nitro benzene ring substituents is 1. The van der Waals surface area contributed by atoms with Crippen molar-refractivity contribution in [3.8, 4) is 5.75 Å². The van der Waals surface area contributed by atoms with E-state index in [1.807, 2.05) is 0 Å². The first-order valence-electron chi connectivity index (χ1n) is 7.83. The molecule has 0 aliphatic heterocycles. The summed E-state index contributed by atoms with van der Waals surface area (Å²) in [7, 11) is 0. The van der Waals surface area contributed by atoms with E-state index in [1.54, 1.807) is 24.3 Å². The van der Waals surface area contributed by atoms with Crippen molar-refractivity contribution in [2.24, 2.45) is 0 Å². The van der Waals surface area contributed by atoms with Gasteiger partial charge in [0.25, 0.3) is 11.6 Å². The summed E-state index contributed by atoms with van der Waals surface area (Å²) in [5.41, 5.74) is -1.27. The van der Waals surface area contributed by atoms with Gasteiger partial charge in [0, 0.05) is 22.8 Å². The summed E-state index contributed by atoms with van der Waals surface area (Å²) in [6.07, 6.45) is 0. The molecule has 0 fully saturated rings. The van der Waals surface area contributed by atoms with Gasteiger partial charge in [-0.25, -0.2) is 4.79 Å². The van der Waals surface area contributed by atoms with Gasteiger partial charge in [-0.2, -0.15) is 0 Å². The summed E-state index contributed by atoms with van der Waals surface area (Å²) in [4.78, 5) is 34.3. The number of nitro groups is 1. The van der Waals surface area contributed by atoms with Crippen molar-refractivity contribution < 1.29 is 24.0 Å². The molecule has 142 valence electrons. The highest BCUT2D eigenvalue weighted by molar-refractivity contribution is 6.30. The molecule has 27 heavy (non-hydrogen) atoms. The fourth-order valence-electron chi connectivity index (χ4n) is 2.04. The van der Waals surface area contributed by atoms with E-state index in [-0.39, 0.29) is 11.4 Å². The number of carbonyl (C=O) groups is 2. The van der Waals surface area contributed by atoms with Crippen LogP contribution in [0.4, 0.5) is 11.4 Å². The number of esters is 1. The van der Waals surface area contributed by atoms with Crippen molar-refractivity contribution in [3.63, 3.8) is 0 Å². The molecule has 0 aliphatic carbocycles. The number of hydrogen-bond acceptors (Lipinski definition) is 6. The molecule has 0 bridgehead atoms. The topological polar surface area (TPSA) is 108 Å². The van der Waals surface area contributed by atoms with Crippen molar-refractivity contribution in [2.75, 3.05) is 11.9 Å². The van der Waals surface area contributed by atoms with Gasteiger partial charge >= 0.3 is 5.97 Å². The zero-order valence-corrected chi connectivity index (χ0v) is 15.4. The molecule has 8 nitrogen and oxygen atoms in total. The Labute approximate surface area is 160 Å². The van der Waals surface area contributed by atoms with Gasteiger partial charge in [-0.05, 0) is 44.2 Å². The van der Waals surface area contributed by atoms with Gasteiger partial charge < -0.3 is 14.8 Å². The molecule has 0 saturated carbocycles. The van der Waals surface area contributed by atoms with E-state index in [2.05, 4.69) is 5.32 Å². The van der Waals surface area contributed by atoms with Crippen molar-refractivity contribution in [2.45, 2.75) is 19.4 Å². The molecule has 1 amide bonds. The molecule has 0 aromatic heterocycles. The molecule has 0 heterocycles. The van der Waals surface area contributed by atoms with E-state index in [0.29, 0.717) is 10.8 Å². The Hall–Kier alpha value is -3.13. The van der Waals surface area contributed by atoms with E-state index in [4.69, 9.17) is 21.1 Å². The van der Waals surface area contributed by atoms with Crippen LogP contribution in [0, 0.1) is 10.1 Å². The maximum atomic E-state index is 12.2. The first-order valence-corrected chi connectivity index (χ1v) is 8.21. The smallest absolute Gasteiger partial charge is 0.350 e. The molecule has 0 spiro atoms. The van der Waals surface area contributed by atoms with Crippen LogP contribution in [0.15, 0.2) is 48.5 Å². The van der Waals surface area contributed by atoms with Gasteiger partial charge in [-0.1, -0.05) is 17.7 Å². The van der Waals surface area contributed by atoms with Crippen LogP contribution in [0.1, 0.15) is 13.8 Å². The first kappa shape index (κ1) is 20.2. The second-order valence-electron chi connectivity index (χ2n) is 6.00. The summed E-state index contributed by atoms with van der Waals surface area (Å²) in [6, 6.07) is 11.9. The number of halogens is 1. The maximum Gasteiger partial charge on any atom is 0.350 e. The van der Waals surface area contributed by atoms with Gasteiger partial charge in [0.05, 0.1) is 4.92 Å². The minimum atomic E-state index is -1.33. The molecule has 0 radical (unpaired) electrons. The van der Waals surface area contributed by atoms with E-state index < -0.39 is 29.0 Å². The zero-order valence-electron chi connectivity index (χ0n) is 14.6. The van der Waals surface area contributed by atoms with Crippen molar-refractivity contribution >= 4 is 34.9 Å². The molecular weight excluding hydrogens is 376 g/mol. The predicted octanol–water partition coefficient (Wildman–Crippen LogP) is 3.59. The quantitative estimate of drug-likeness (QED) is 0.438. The third-order valence-electron chi connectivity index (χ3n) is 3.35. The monoisotopic (exact) mass is 392 g/mol. The number of amides is 1. The highest BCUT2D eigenvalue weighted by atomic mass is 35.5. The molecule has 2 aromatic carbocycles. The Kier molecular flexibility index (Phi) is 6.36. The standard InChI is InChI=1S/C18H17ClN2O6/c1-18(2,27-15-8-6-12(19)7-9-15)17(23)26-11-16(22)20-13-4-3-5-14(10-13)21(24)25/h3-10H,11H2,1-2H3,(H,20,22). The lowest BCUT2D eigenvalue weighted by Gasteiger charge is -2.24. The number of carbonyl (C=O) groups excluding carboxylic acids is 2. The van der Waals surface area contributed by atoms with Crippen LogP contribution < -0.4 is 10.1 Å². The first-order chi connectivity index (χ1) is 12.7. The number of anilines is 1. The Morgan fingerprint density at radius 2 is 1.85 bits per heavy atom. The predicted molar refractivity (Wildman–Crippen MR) is 98.8 cm³/mol. The number of benzene rings is 2. The molecule has 0 unspecified atom stereocenters. The van der Waals surface area contributed by atoms with E-state index in [1.165, 1.54) is 38.1 Å². The fourth-order valence-corrected chi connectivity index (χ4v) is 2.16. The second-order valence-corrected chi connectivity index (χ2v) is 6.43. The molecule has 0 saturated heterocycles. The minimum Gasteiger partial charge on any atom is -0.476 e. The maximum absolute atomic E-state index is 12.2. The summed E-state index contributed by atoms with van der Waals surface area (Å²) in [5.74, 6) is -0.958. The second kappa shape index (κ2) is 8.50. The lowest BCUT2D eigenvalue weighted by Crippen LogP contribution is -2.41. The van der Waals surface area contributed by atoms with E-state index in [0.717, 1.165) is 0 Å². The molecule has 0 atom stereocenters. The Morgan fingerprint density at radius 3 is 2.48 bits per heavy atom. The van der Waals surface area contributed by atoms with Crippen LogP contribution in [-0.2, 0) is 14.3 Å². The molecule has 2 aromatic rings. The molecule has 2 rings (SSSR count). The summed E-state index contributed by atoms with van der Waals surface area (Å²) in [5, 5.41) is 13.7. The fraction of sp³-hybridized carbons (Fsp3) is 0.222. The lowest BCUT2D eigenvalue weighted by molar-refractivity contribution is -0.384. The normalized spacial score (nSPS) is 10.8. The number of hydrogen-bond donors (Lipinski definition) is 1. The highest BCUT2D eigenvalue weighted by Gasteiger charge is 2.32. The molecule has 0 aliphatic rings. The van der Waals surface area contributed by atoms with Crippen LogP contribution in [0.3, 0.4) is 0 Å². The van der Waals surface area contributed by atoms with Gasteiger partial charge in [0.15, 0.2) is 12.2 Å². The molecule has 1 N–H and O–H groups in total. The Bertz CT molecular complexity index is 851. The third-order valence-corrected chi connectivity index (χ3v) is 3.61. The number of nitrogens with zero attached hydrogens (tertiary/aromatic N) is 1. The SMILES string of the molecule is CC(C)(Oc1ccc(Cl)cc1)C(=O)OCC(=O)Nc1cccc([N+](=O)[O-])c1. The number of nitrogens with one attached hydrogen (secondary N) is 1. The number of non-ortho nitro benzene ring substituents is 1. The van der Waals surface area contributed by atoms with Crippen LogP contribution in [-0.4, -0.2) is 29.0 Å². The van der Waals surface area contributed by atoms with Gasteiger partial charge in [-0.3, -0.25) is 14.9 Å². The molecule has 9 heteroatoms. The molecular formula is C18H17ClN2O6. The average Bonchev–Trinajstić information content (AvgIpc) is 2.61. The Morgan fingerprint density at radius 1 is 1.19 bits per heavy atom. The van der Waals surface area contributed by atoms with Crippen LogP contribution in [0.2, 0.25) is 5.02 Å². The van der Waals surface area contributed by atoms with Crippen molar-refractivity contribution in [1.82, 2.24) is 0 Å². The lowest BCUT2D eigenvalue weighted by atomic mass is 10.1. The largest absolute Gasteiger partial charge is 0.476 e. The Balaban J connectivity index is 1.89.